The third-order valence-electron chi connectivity index (χ3n) is 2.23. The van der Waals surface area contributed by atoms with Gasteiger partial charge in [0, 0.05) is 25.0 Å². The SMILES string of the molecule is COCCOCCOc1ccc(C#CCCCl)cc1. The molecule has 0 saturated heterocycles. The summed E-state index contributed by atoms with van der Waals surface area (Å²) in [7, 11) is 1.65. The number of ether oxygens (including phenoxy) is 3. The van der Waals surface area contributed by atoms with Crippen molar-refractivity contribution in [1.29, 1.82) is 0 Å². The number of benzene rings is 1. The second-order valence-corrected chi connectivity index (χ2v) is 4.10. The molecule has 0 radical (unpaired) electrons. The second-order valence-electron chi connectivity index (χ2n) is 3.72. The highest BCUT2D eigenvalue weighted by Gasteiger charge is 1.94. The van der Waals surface area contributed by atoms with Gasteiger partial charge in [-0.3, -0.25) is 0 Å². The molecule has 0 N–H and O–H groups in total. The van der Waals surface area contributed by atoms with Gasteiger partial charge in [0.05, 0.1) is 19.8 Å². The normalized spacial score (nSPS) is 9.79. The fraction of sp³-hybridized carbons (Fsp3) is 0.467. The van der Waals surface area contributed by atoms with Gasteiger partial charge in [-0.05, 0) is 24.3 Å². The lowest BCUT2D eigenvalue weighted by Crippen LogP contribution is -2.09. The van der Waals surface area contributed by atoms with E-state index < -0.39 is 0 Å². The van der Waals surface area contributed by atoms with E-state index in [9.17, 15) is 0 Å². The number of halogens is 1. The van der Waals surface area contributed by atoms with Crippen molar-refractivity contribution in [3.63, 3.8) is 0 Å². The first-order chi connectivity index (χ1) is 9.36. The number of hydrogen-bond acceptors (Lipinski definition) is 3. The molecule has 1 rings (SSSR count). The van der Waals surface area contributed by atoms with Crippen molar-refractivity contribution in [1.82, 2.24) is 0 Å². The van der Waals surface area contributed by atoms with Crippen LogP contribution in [0.4, 0.5) is 0 Å². The zero-order chi connectivity index (χ0) is 13.8. The molecular formula is C15H19ClO3. The molecule has 0 aromatic heterocycles. The van der Waals surface area contributed by atoms with Crippen molar-refractivity contribution in [2.24, 2.45) is 0 Å². The van der Waals surface area contributed by atoms with Gasteiger partial charge in [0.2, 0.25) is 0 Å². The summed E-state index contributed by atoms with van der Waals surface area (Å²) in [6, 6.07) is 7.67. The van der Waals surface area contributed by atoms with Crippen molar-refractivity contribution in [3.05, 3.63) is 29.8 Å². The summed E-state index contributed by atoms with van der Waals surface area (Å²) < 4.78 is 15.7. The van der Waals surface area contributed by atoms with Gasteiger partial charge < -0.3 is 14.2 Å². The molecule has 0 aliphatic heterocycles. The van der Waals surface area contributed by atoms with E-state index in [1.807, 2.05) is 24.3 Å². The van der Waals surface area contributed by atoms with E-state index in [-0.39, 0.29) is 0 Å². The minimum Gasteiger partial charge on any atom is -0.491 e. The molecule has 0 heterocycles. The van der Waals surface area contributed by atoms with Crippen LogP contribution in [0.2, 0.25) is 0 Å². The topological polar surface area (TPSA) is 27.7 Å². The summed E-state index contributed by atoms with van der Waals surface area (Å²) in [4.78, 5) is 0. The molecular weight excluding hydrogens is 264 g/mol. The molecule has 0 saturated carbocycles. The Kier molecular flexibility index (Phi) is 8.91. The molecule has 19 heavy (non-hydrogen) atoms. The number of rotatable bonds is 8. The Morgan fingerprint density at radius 3 is 2.47 bits per heavy atom. The molecule has 0 amide bonds. The summed E-state index contributed by atoms with van der Waals surface area (Å²) >= 11 is 5.55. The van der Waals surface area contributed by atoms with Crippen LogP contribution in [0.1, 0.15) is 12.0 Å². The molecule has 3 nitrogen and oxygen atoms in total. The molecule has 1 aromatic carbocycles. The summed E-state index contributed by atoms with van der Waals surface area (Å²) in [6.07, 6.45) is 0.707. The van der Waals surface area contributed by atoms with Gasteiger partial charge in [-0.15, -0.1) is 11.6 Å². The van der Waals surface area contributed by atoms with Crippen LogP contribution >= 0.6 is 11.6 Å². The van der Waals surface area contributed by atoms with Gasteiger partial charge in [-0.25, -0.2) is 0 Å². The zero-order valence-electron chi connectivity index (χ0n) is 11.2. The number of methoxy groups -OCH3 is 1. The Bertz CT molecular complexity index is 392. The lowest BCUT2D eigenvalue weighted by atomic mass is 10.2. The fourth-order valence-corrected chi connectivity index (χ4v) is 1.40. The van der Waals surface area contributed by atoms with Gasteiger partial charge in [-0.1, -0.05) is 11.8 Å². The van der Waals surface area contributed by atoms with Crippen LogP contribution in [0.3, 0.4) is 0 Å². The van der Waals surface area contributed by atoms with Crippen LogP contribution in [-0.4, -0.2) is 39.4 Å². The number of alkyl halides is 1. The monoisotopic (exact) mass is 282 g/mol. The summed E-state index contributed by atoms with van der Waals surface area (Å²) in [5, 5.41) is 0. The molecule has 0 spiro atoms. The highest BCUT2D eigenvalue weighted by molar-refractivity contribution is 6.18. The molecule has 0 aliphatic carbocycles. The van der Waals surface area contributed by atoms with Gasteiger partial charge >= 0.3 is 0 Å². The quantitative estimate of drug-likeness (QED) is 0.417. The zero-order valence-corrected chi connectivity index (χ0v) is 11.9. The van der Waals surface area contributed by atoms with Crippen molar-refractivity contribution >= 4 is 11.6 Å². The maximum atomic E-state index is 5.55. The van der Waals surface area contributed by atoms with Crippen LogP contribution in [0.5, 0.6) is 5.75 Å². The highest BCUT2D eigenvalue weighted by Crippen LogP contribution is 2.11. The van der Waals surface area contributed by atoms with Gasteiger partial charge in [0.15, 0.2) is 0 Å². The van der Waals surface area contributed by atoms with E-state index in [2.05, 4.69) is 11.8 Å². The van der Waals surface area contributed by atoms with E-state index >= 15 is 0 Å². The second kappa shape index (κ2) is 10.7. The van der Waals surface area contributed by atoms with E-state index in [0.717, 1.165) is 11.3 Å². The first-order valence-electron chi connectivity index (χ1n) is 6.21. The van der Waals surface area contributed by atoms with Crippen LogP contribution in [0.15, 0.2) is 24.3 Å². The molecule has 104 valence electrons. The van der Waals surface area contributed by atoms with Crippen molar-refractivity contribution in [2.45, 2.75) is 6.42 Å². The molecule has 4 heteroatoms. The standard InChI is InChI=1S/C15H19ClO3/c1-17-10-11-18-12-13-19-15-7-5-14(6-8-15)4-2-3-9-16/h5-8H,3,9-13H2,1H3. The number of hydrogen-bond donors (Lipinski definition) is 0. The first kappa shape index (κ1) is 15.8. The largest absolute Gasteiger partial charge is 0.491 e. The van der Waals surface area contributed by atoms with Crippen molar-refractivity contribution in [2.75, 3.05) is 39.4 Å². The Morgan fingerprint density at radius 2 is 1.79 bits per heavy atom. The third-order valence-corrected chi connectivity index (χ3v) is 2.42. The molecule has 0 fully saturated rings. The van der Waals surface area contributed by atoms with E-state index in [4.69, 9.17) is 25.8 Å². The van der Waals surface area contributed by atoms with E-state index in [1.54, 1.807) is 7.11 Å². The van der Waals surface area contributed by atoms with Crippen LogP contribution < -0.4 is 4.74 Å². The minimum absolute atomic E-state index is 0.529. The Hall–Kier alpha value is -1.21. The average Bonchev–Trinajstić information content (AvgIpc) is 2.44. The van der Waals surface area contributed by atoms with Gasteiger partial charge in [-0.2, -0.15) is 0 Å². The molecule has 0 aliphatic rings. The van der Waals surface area contributed by atoms with Gasteiger partial charge in [0.1, 0.15) is 12.4 Å². The van der Waals surface area contributed by atoms with Crippen LogP contribution in [0, 0.1) is 11.8 Å². The Balaban J connectivity index is 2.23. The lowest BCUT2D eigenvalue weighted by molar-refractivity contribution is 0.0544. The van der Waals surface area contributed by atoms with Crippen molar-refractivity contribution in [3.8, 4) is 17.6 Å². The molecule has 0 unspecified atom stereocenters. The summed E-state index contributed by atoms with van der Waals surface area (Å²) in [5.74, 6) is 7.41. The third kappa shape index (κ3) is 7.74. The average molecular weight is 283 g/mol. The predicted molar refractivity (Wildman–Crippen MR) is 76.8 cm³/mol. The Labute approximate surface area is 119 Å². The molecule has 0 bridgehead atoms. The van der Waals surface area contributed by atoms with E-state index in [1.165, 1.54) is 0 Å². The Morgan fingerprint density at radius 1 is 1.05 bits per heavy atom. The van der Waals surface area contributed by atoms with Crippen LogP contribution in [-0.2, 0) is 9.47 Å². The van der Waals surface area contributed by atoms with Crippen molar-refractivity contribution < 1.29 is 14.2 Å². The summed E-state index contributed by atoms with van der Waals surface area (Å²) in [6.45, 7) is 2.28. The van der Waals surface area contributed by atoms with E-state index in [0.29, 0.717) is 38.7 Å². The maximum absolute atomic E-state index is 5.55. The predicted octanol–water partition coefficient (Wildman–Crippen LogP) is 2.71. The first-order valence-corrected chi connectivity index (χ1v) is 6.74. The molecule has 0 atom stereocenters. The lowest BCUT2D eigenvalue weighted by Gasteiger charge is -2.06. The minimum atomic E-state index is 0.529. The highest BCUT2D eigenvalue weighted by atomic mass is 35.5. The fourth-order valence-electron chi connectivity index (χ4n) is 1.31. The molecule has 1 aromatic rings. The summed E-state index contributed by atoms with van der Waals surface area (Å²) in [5.41, 5.74) is 0.966. The van der Waals surface area contributed by atoms with Crippen LogP contribution in [0.25, 0.3) is 0 Å². The smallest absolute Gasteiger partial charge is 0.119 e. The van der Waals surface area contributed by atoms with Gasteiger partial charge in [0.25, 0.3) is 0 Å². The maximum Gasteiger partial charge on any atom is 0.119 e.